The molecule has 1 aliphatic rings. The van der Waals surface area contributed by atoms with Gasteiger partial charge in [0, 0.05) is 12.8 Å². The third-order valence-corrected chi connectivity index (χ3v) is 4.16. The van der Waals surface area contributed by atoms with E-state index in [0.717, 1.165) is 19.3 Å². The number of rotatable bonds is 5. The van der Waals surface area contributed by atoms with Crippen LogP contribution in [0.15, 0.2) is 36.5 Å². The van der Waals surface area contributed by atoms with E-state index in [1.165, 1.54) is 18.1 Å². The molecule has 3 atom stereocenters. The van der Waals surface area contributed by atoms with E-state index in [1.807, 2.05) is 6.92 Å². The van der Waals surface area contributed by atoms with Crippen molar-refractivity contribution in [1.82, 2.24) is 0 Å². The fraction of sp³-hybridized carbons (Fsp3) is 0.588. The summed E-state index contributed by atoms with van der Waals surface area (Å²) in [6.07, 6.45) is 6.84. The van der Waals surface area contributed by atoms with Crippen molar-refractivity contribution in [3.8, 4) is 0 Å². The summed E-state index contributed by atoms with van der Waals surface area (Å²) >= 11 is 0. The second-order valence-corrected chi connectivity index (χ2v) is 5.86. The van der Waals surface area contributed by atoms with Gasteiger partial charge in [-0.05, 0) is 45.1 Å². The van der Waals surface area contributed by atoms with Crippen LogP contribution in [-0.2, 0) is 9.53 Å². The van der Waals surface area contributed by atoms with Gasteiger partial charge in [-0.1, -0.05) is 37.3 Å². The van der Waals surface area contributed by atoms with Gasteiger partial charge in [-0.15, -0.1) is 0 Å². The molecule has 0 radical (unpaired) electrons. The average Bonchev–Trinajstić information content (AvgIpc) is 2.33. The quantitative estimate of drug-likeness (QED) is 0.541. The zero-order chi connectivity index (χ0) is 14.6. The molecule has 0 N–H and O–H groups in total. The molecule has 0 aromatic carbocycles. The molecule has 2 nitrogen and oxygen atoms in total. The maximum absolute atomic E-state index is 11.2. The van der Waals surface area contributed by atoms with Crippen molar-refractivity contribution in [3.63, 3.8) is 0 Å². The van der Waals surface area contributed by atoms with Crippen molar-refractivity contribution in [2.24, 2.45) is 11.8 Å². The van der Waals surface area contributed by atoms with Gasteiger partial charge in [0.2, 0.25) is 0 Å². The third kappa shape index (κ3) is 4.09. The SMILES string of the molecule is C=C[C@](C)(CC[C@@H]1C(=C)[C@H](C)CC=C1C)OC(C)=O. The number of carbonyl (C=O) groups is 1. The molecule has 2 heteroatoms. The number of carbonyl (C=O) groups excluding carboxylic acids is 1. The monoisotopic (exact) mass is 262 g/mol. The summed E-state index contributed by atoms with van der Waals surface area (Å²) in [5.74, 6) is 0.682. The molecule has 0 saturated heterocycles. The van der Waals surface area contributed by atoms with Crippen molar-refractivity contribution < 1.29 is 9.53 Å². The highest BCUT2D eigenvalue weighted by Gasteiger charge is 2.29. The van der Waals surface area contributed by atoms with E-state index < -0.39 is 5.60 Å². The Hall–Kier alpha value is -1.31. The van der Waals surface area contributed by atoms with Gasteiger partial charge in [-0.25, -0.2) is 0 Å². The molecule has 0 aromatic rings. The Bertz CT molecular complexity index is 405. The van der Waals surface area contributed by atoms with Crippen molar-refractivity contribution >= 4 is 5.97 Å². The summed E-state index contributed by atoms with van der Waals surface area (Å²) in [7, 11) is 0. The number of allylic oxidation sites excluding steroid dienone is 3. The van der Waals surface area contributed by atoms with Crippen molar-refractivity contribution in [2.75, 3.05) is 0 Å². The standard InChI is InChI=1S/C17H26O2/c1-7-17(6,19-15(5)18)11-10-16-13(3)9-8-12(2)14(16)4/h7,9,12,16H,1,4,8,10-11H2,2-3,5-6H3/t12-,16+,17-/m1/s1. The van der Waals surface area contributed by atoms with Gasteiger partial charge < -0.3 is 4.74 Å². The first-order valence-corrected chi connectivity index (χ1v) is 6.97. The van der Waals surface area contributed by atoms with Crippen LogP contribution in [0.2, 0.25) is 0 Å². The van der Waals surface area contributed by atoms with E-state index >= 15 is 0 Å². The molecule has 0 unspecified atom stereocenters. The summed E-state index contributed by atoms with van der Waals surface area (Å²) in [4.78, 5) is 11.2. The molecular formula is C17H26O2. The molecule has 0 fully saturated rings. The Morgan fingerprint density at radius 3 is 2.79 bits per heavy atom. The van der Waals surface area contributed by atoms with E-state index in [0.29, 0.717) is 11.8 Å². The Balaban J connectivity index is 2.71. The Kier molecular flexibility index (Phi) is 5.16. The van der Waals surface area contributed by atoms with E-state index in [1.54, 1.807) is 6.08 Å². The van der Waals surface area contributed by atoms with Crippen molar-refractivity contribution in [2.45, 2.75) is 52.6 Å². The lowest BCUT2D eigenvalue weighted by atomic mass is 9.75. The van der Waals surface area contributed by atoms with Crippen LogP contribution >= 0.6 is 0 Å². The van der Waals surface area contributed by atoms with Gasteiger partial charge in [0.1, 0.15) is 5.60 Å². The van der Waals surface area contributed by atoms with Crippen LogP contribution in [0.25, 0.3) is 0 Å². The van der Waals surface area contributed by atoms with Gasteiger partial charge in [0.25, 0.3) is 0 Å². The highest BCUT2D eigenvalue weighted by atomic mass is 16.6. The molecule has 1 aliphatic carbocycles. The molecule has 0 aliphatic heterocycles. The highest BCUT2D eigenvalue weighted by Crippen LogP contribution is 2.37. The topological polar surface area (TPSA) is 26.3 Å². The molecule has 106 valence electrons. The first-order chi connectivity index (χ1) is 8.79. The molecule has 0 saturated carbocycles. The van der Waals surface area contributed by atoms with Gasteiger partial charge in [-0.2, -0.15) is 0 Å². The molecule has 1 rings (SSSR count). The average molecular weight is 262 g/mol. The Morgan fingerprint density at radius 2 is 2.26 bits per heavy atom. The zero-order valence-corrected chi connectivity index (χ0v) is 12.7. The second kappa shape index (κ2) is 6.23. The molecule has 0 bridgehead atoms. The maximum Gasteiger partial charge on any atom is 0.303 e. The van der Waals surface area contributed by atoms with Gasteiger partial charge in [-0.3, -0.25) is 4.79 Å². The third-order valence-electron chi connectivity index (χ3n) is 4.16. The first kappa shape index (κ1) is 15.7. The maximum atomic E-state index is 11.2. The lowest BCUT2D eigenvalue weighted by Crippen LogP contribution is -2.30. The number of hydrogen-bond donors (Lipinski definition) is 0. The van der Waals surface area contributed by atoms with Crippen LogP contribution < -0.4 is 0 Å². The smallest absolute Gasteiger partial charge is 0.303 e. The lowest BCUT2D eigenvalue weighted by molar-refractivity contribution is -0.151. The van der Waals surface area contributed by atoms with Crippen LogP contribution in [-0.4, -0.2) is 11.6 Å². The molecular weight excluding hydrogens is 236 g/mol. The molecule has 0 spiro atoms. The van der Waals surface area contributed by atoms with Crippen LogP contribution in [0.5, 0.6) is 0 Å². The fourth-order valence-corrected chi connectivity index (χ4v) is 2.66. The van der Waals surface area contributed by atoms with Crippen LogP contribution in [0, 0.1) is 11.8 Å². The summed E-state index contributed by atoms with van der Waals surface area (Å²) in [6.45, 7) is 15.8. The van der Waals surface area contributed by atoms with Gasteiger partial charge in [0.15, 0.2) is 0 Å². The second-order valence-electron chi connectivity index (χ2n) is 5.86. The fourth-order valence-electron chi connectivity index (χ4n) is 2.66. The first-order valence-electron chi connectivity index (χ1n) is 6.97. The van der Waals surface area contributed by atoms with Crippen LogP contribution in [0.3, 0.4) is 0 Å². The van der Waals surface area contributed by atoms with Crippen molar-refractivity contribution in [3.05, 3.63) is 36.5 Å². The predicted octanol–water partition coefficient (Wildman–Crippen LogP) is 4.43. The summed E-state index contributed by atoms with van der Waals surface area (Å²) in [6, 6.07) is 0. The number of ether oxygens (including phenoxy) is 1. The minimum atomic E-state index is -0.576. The lowest BCUT2D eigenvalue weighted by Gasteiger charge is -2.32. The van der Waals surface area contributed by atoms with Crippen LogP contribution in [0.4, 0.5) is 0 Å². The summed E-state index contributed by atoms with van der Waals surface area (Å²) in [5, 5.41) is 0. The van der Waals surface area contributed by atoms with Gasteiger partial charge in [0.05, 0.1) is 0 Å². The Labute approximate surface area is 117 Å². The molecule has 0 aromatic heterocycles. The molecule has 0 amide bonds. The zero-order valence-electron chi connectivity index (χ0n) is 12.7. The van der Waals surface area contributed by atoms with E-state index in [4.69, 9.17) is 4.74 Å². The number of esters is 1. The van der Waals surface area contributed by atoms with E-state index in [-0.39, 0.29) is 5.97 Å². The largest absolute Gasteiger partial charge is 0.455 e. The highest BCUT2D eigenvalue weighted by molar-refractivity contribution is 5.66. The van der Waals surface area contributed by atoms with E-state index in [2.05, 4.69) is 33.1 Å². The number of hydrogen-bond acceptors (Lipinski definition) is 2. The minimum absolute atomic E-state index is 0.259. The normalized spacial score (nSPS) is 26.3. The predicted molar refractivity (Wildman–Crippen MR) is 79.8 cm³/mol. The summed E-state index contributed by atoms with van der Waals surface area (Å²) < 4.78 is 5.37. The molecule has 0 heterocycles. The van der Waals surface area contributed by atoms with Crippen molar-refractivity contribution in [1.29, 1.82) is 0 Å². The van der Waals surface area contributed by atoms with Crippen LogP contribution in [0.1, 0.15) is 47.0 Å². The van der Waals surface area contributed by atoms with Gasteiger partial charge >= 0.3 is 5.97 Å². The van der Waals surface area contributed by atoms with E-state index in [9.17, 15) is 4.79 Å². The minimum Gasteiger partial charge on any atom is -0.455 e. The summed E-state index contributed by atoms with van der Waals surface area (Å²) in [5.41, 5.74) is 2.11. The molecule has 19 heavy (non-hydrogen) atoms. The Morgan fingerprint density at radius 1 is 1.63 bits per heavy atom.